The van der Waals surface area contributed by atoms with E-state index in [1.807, 2.05) is 37.3 Å². The van der Waals surface area contributed by atoms with E-state index in [2.05, 4.69) is 12.2 Å². The molecule has 0 fully saturated rings. The van der Waals surface area contributed by atoms with E-state index in [-0.39, 0.29) is 24.1 Å². The molecule has 1 amide bonds. The van der Waals surface area contributed by atoms with Gasteiger partial charge in [0.2, 0.25) is 0 Å². The average Bonchev–Trinajstić information content (AvgIpc) is 2.66. The molecule has 2 aromatic rings. The number of carbonyl (C=O) groups excluding carboxylic acids is 2. The van der Waals surface area contributed by atoms with Gasteiger partial charge >= 0.3 is 5.97 Å². The van der Waals surface area contributed by atoms with Crippen molar-refractivity contribution in [2.45, 2.75) is 26.3 Å². The van der Waals surface area contributed by atoms with Crippen LogP contribution in [0.25, 0.3) is 0 Å². The van der Waals surface area contributed by atoms with Gasteiger partial charge in [0, 0.05) is 0 Å². The van der Waals surface area contributed by atoms with E-state index in [0.717, 1.165) is 12.0 Å². The predicted octanol–water partition coefficient (Wildman–Crippen LogP) is 3.15. The van der Waals surface area contributed by atoms with Gasteiger partial charge in [0.15, 0.2) is 6.61 Å². The Kier molecular flexibility index (Phi) is 6.30. The fraction of sp³-hybridized carbons (Fsp3) is 0.250. The van der Waals surface area contributed by atoms with Crippen molar-refractivity contribution in [3.8, 4) is 6.07 Å². The van der Waals surface area contributed by atoms with Gasteiger partial charge in [-0.15, -0.1) is 0 Å². The maximum absolute atomic E-state index is 12.0. The van der Waals surface area contributed by atoms with Crippen molar-refractivity contribution in [2.24, 2.45) is 0 Å². The third-order valence-electron chi connectivity index (χ3n) is 3.83. The summed E-state index contributed by atoms with van der Waals surface area (Å²) in [5, 5.41) is 11.6. The fourth-order valence-electron chi connectivity index (χ4n) is 2.34. The maximum Gasteiger partial charge on any atom is 0.338 e. The Labute approximate surface area is 147 Å². The average molecular weight is 336 g/mol. The summed E-state index contributed by atoms with van der Waals surface area (Å²) in [6.07, 6.45) is 0.962. The van der Waals surface area contributed by atoms with Crippen LogP contribution in [0, 0.1) is 11.3 Å². The molecule has 128 valence electrons. The van der Waals surface area contributed by atoms with Crippen molar-refractivity contribution < 1.29 is 14.3 Å². The van der Waals surface area contributed by atoms with Crippen LogP contribution in [0.2, 0.25) is 0 Å². The molecule has 0 heterocycles. The highest BCUT2D eigenvalue weighted by Crippen LogP contribution is 2.13. The van der Waals surface area contributed by atoms with Crippen molar-refractivity contribution in [2.75, 3.05) is 6.61 Å². The monoisotopic (exact) mass is 336 g/mol. The Balaban J connectivity index is 1.87. The highest BCUT2D eigenvalue weighted by molar-refractivity contribution is 5.91. The lowest BCUT2D eigenvalue weighted by molar-refractivity contribution is -0.124. The second-order valence-electron chi connectivity index (χ2n) is 5.65. The van der Waals surface area contributed by atoms with Crippen LogP contribution in [0.15, 0.2) is 48.5 Å². The Bertz CT molecular complexity index is 791. The molecule has 0 aliphatic heterocycles. The SMILES string of the molecule is CCc1ccc(C(C)NC(=O)COC(=O)c2cccc(C#N)c2)cc1. The van der Waals surface area contributed by atoms with Crippen molar-refractivity contribution in [3.63, 3.8) is 0 Å². The van der Waals surface area contributed by atoms with Crippen LogP contribution in [0.5, 0.6) is 0 Å². The summed E-state index contributed by atoms with van der Waals surface area (Å²) in [5.74, 6) is -1.01. The zero-order valence-corrected chi connectivity index (χ0v) is 14.3. The molecule has 2 rings (SSSR count). The Hall–Kier alpha value is -3.13. The van der Waals surface area contributed by atoms with Crippen molar-refractivity contribution in [3.05, 3.63) is 70.8 Å². The third kappa shape index (κ3) is 5.18. The lowest BCUT2D eigenvalue weighted by Gasteiger charge is -2.15. The molecular formula is C20H20N2O3. The summed E-state index contributed by atoms with van der Waals surface area (Å²) < 4.78 is 5.00. The largest absolute Gasteiger partial charge is 0.452 e. The highest BCUT2D eigenvalue weighted by Gasteiger charge is 2.13. The first-order valence-corrected chi connectivity index (χ1v) is 8.09. The molecule has 0 radical (unpaired) electrons. The predicted molar refractivity (Wildman–Crippen MR) is 93.8 cm³/mol. The zero-order valence-electron chi connectivity index (χ0n) is 14.3. The van der Waals surface area contributed by atoms with Crippen molar-refractivity contribution in [1.29, 1.82) is 5.26 Å². The van der Waals surface area contributed by atoms with E-state index >= 15 is 0 Å². The number of amides is 1. The lowest BCUT2D eigenvalue weighted by Crippen LogP contribution is -2.31. The number of benzene rings is 2. The second-order valence-corrected chi connectivity index (χ2v) is 5.65. The number of hydrogen-bond donors (Lipinski definition) is 1. The normalized spacial score (nSPS) is 11.2. The molecule has 1 unspecified atom stereocenters. The van der Waals surface area contributed by atoms with Gasteiger partial charge in [-0.2, -0.15) is 5.26 Å². The zero-order chi connectivity index (χ0) is 18.2. The van der Waals surface area contributed by atoms with Gasteiger partial charge in [-0.05, 0) is 42.7 Å². The molecule has 2 aromatic carbocycles. The summed E-state index contributed by atoms with van der Waals surface area (Å²) in [7, 11) is 0. The number of nitriles is 1. The number of hydrogen-bond acceptors (Lipinski definition) is 4. The third-order valence-corrected chi connectivity index (χ3v) is 3.83. The van der Waals surface area contributed by atoms with Gasteiger partial charge in [0.05, 0.1) is 23.2 Å². The minimum absolute atomic E-state index is 0.181. The van der Waals surface area contributed by atoms with Gasteiger partial charge in [0.1, 0.15) is 0 Å². The molecule has 0 saturated carbocycles. The molecule has 0 aromatic heterocycles. The highest BCUT2D eigenvalue weighted by atomic mass is 16.5. The first-order valence-electron chi connectivity index (χ1n) is 8.09. The van der Waals surface area contributed by atoms with Gasteiger partial charge in [0.25, 0.3) is 5.91 Å². The molecule has 0 spiro atoms. The summed E-state index contributed by atoms with van der Waals surface area (Å²) in [5.41, 5.74) is 2.83. The van der Waals surface area contributed by atoms with Gasteiger partial charge < -0.3 is 10.1 Å². The standard InChI is InChI=1S/C20H20N2O3/c1-3-15-7-9-17(10-8-15)14(2)22-19(23)13-25-20(24)18-6-4-5-16(11-18)12-21/h4-11,14H,3,13H2,1-2H3,(H,22,23). The van der Waals surface area contributed by atoms with Gasteiger partial charge in [-0.1, -0.05) is 37.3 Å². The summed E-state index contributed by atoms with van der Waals surface area (Å²) in [4.78, 5) is 23.9. The summed E-state index contributed by atoms with van der Waals surface area (Å²) >= 11 is 0. The quantitative estimate of drug-likeness (QED) is 0.822. The van der Waals surface area contributed by atoms with E-state index in [9.17, 15) is 9.59 Å². The van der Waals surface area contributed by atoms with E-state index in [4.69, 9.17) is 10.00 Å². The Morgan fingerprint density at radius 2 is 1.92 bits per heavy atom. The summed E-state index contributed by atoms with van der Waals surface area (Å²) in [6.45, 7) is 3.59. The minimum atomic E-state index is -0.632. The molecule has 0 aliphatic carbocycles. The van der Waals surface area contributed by atoms with E-state index in [0.29, 0.717) is 5.56 Å². The topological polar surface area (TPSA) is 79.2 Å². The number of aryl methyl sites for hydroxylation is 1. The second kappa shape index (κ2) is 8.65. The van der Waals surface area contributed by atoms with Gasteiger partial charge in [-0.3, -0.25) is 4.79 Å². The fourth-order valence-corrected chi connectivity index (χ4v) is 2.34. The molecule has 1 atom stereocenters. The van der Waals surface area contributed by atoms with E-state index in [1.165, 1.54) is 11.6 Å². The number of carbonyl (C=O) groups is 2. The van der Waals surface area contributed by atoms with Crippen LogP contribution in [0.3, 0.4) is 0 Å². The number of nitrogens with zero attached hydrogens (tertiary/aromatic N) is 1. The molecule has 1 N–H and O–H groups in total. The molecule has 0 bridgehead atoms. The van der Waals surface area contributed by atoms with Gasteiger partial charge in [-0.25, -0.2) is 4.79 Å². The molecule has 0 aliphatic rings. The summed E-state index contributed by atoms with van der Waals surface area (Å²) in [6, 6.07) is 15.9. The lowest BCUT2D eigenvalue weighted by atomic mass is 10.1. The van der Waals surface area contributed by atoms with Crippen LogP contribution in [0.1, 0.15) is 46.9 Å². The van der Waals surface area contributed by atoms with Crippen LogP contribution in [-0.2, 0) is 16.0 Å². The Morgan fingerprint density at radius 1 is 1.20 bits per heavy atom. The minimum Gasteiger partial charge on any atom is -0.452 e. The van der Waals surface area contributed by atoms with Crippen LogP contribution in [-0.4, -0.2) is 18.5 Å². The smallest absolute Gasteiger partial charge is 0.338 e. The first kappa shape index (κ1) is 18.2. The Morgan fingerprint density at radius 3 is 2.56 bits per heavy atom. The van der Waals surface area contributed by atoms with Crippen molar-refractivity contribution >= 4 is 11.9 Å². The maximum atomic E-state index is 12.0. The van der Waals surface area contributed by atoms with Crippen molar-refractivity contribution in [1.82, 2.24) is 5.32 Å². The van der Waals surface area contributed by atoms with Crippen LogP contribution in [0.4, 0.5) is 0 Å². The number of esters is 1. The van der Waals surface area contributed by atoms with E-state index < -0.39 is 5.97 Å². The van der Waals surface area contributed by atoms with Crippen LogP contribution < -0.4 is 5.32 Å². The first-order chi connectivity index (χ1) is 12.0. The number of rotatable bonds is 6. The number of ether oxygens (including phenoxy) is 1. The molecule has 5 heteroatoms. The van der Waals surface area contributed by atoms with Crippen LogP contribution >= 0.6 is 0 Å². The van der Waals surface area contributed by atoms with E-state index in [1.54, 1.807) is 18.2 Å². The molecular weight excluding hydrogens is 316 g/mol. The molecule has 25 heavy (non-hydrogen) atoms. The molecule has 0 saturated heterocycles. The number of nitrogens with one attached hydrogen (secondary N) is 1. The molecule has 5 nitrogen and oxygen atoms in total.